The van der Waals surface area contributed by atoms with Crippen LogP contribution in [0.1, 0.15) is 29.3 Å². The SMILES string of the molecule is CCc1ccc(S(=O)(=O)N2CCN(CCC(=O)c3ccccc3)CC2)cc1. The summed E-state index contributed by atoms with van der Waals surface area (Å²) in [5, 5.41) is 0. The summed E-state index contributed by atoms with van der Waals surface area (Å²) >= 11 is 0. The molecule has 2 aromatic rings. The topological polar surface area (TPSA) is 57.7 Å². The van der Waals surface area contributed by atoms with E-state index in [1.54, 1.807) is 16.4 Å². The monoisotopic (exact) mass is 386 g/mol. The van der Waals surface area contributed by atoms with Crippen molar-refractivity contribution in [1.82, 2.24) is 9.21 Å². The van der Waals surface area contributed by atoms with Crippen LogP contribution in [0, 0.1) is 0 Å². The fourth-order valence-electron chi connectivity index (χ4n) is 3.27. The minimum absolute atomic E-state index is 0.127. The zero-order valence-electron chi connectivity index (χ0n) is 15.7. The summed E-state index contributed by atoms with van der Waals surface area (Å²) in [6.07, 6.45) is 1.34. The van der Waals surface area contributed by atoms with Gasteiger partial charge in [-0.3, -0.25) is 4.79 Å². The van der Waals surface area contributed by atoms with Gasteiger partial charge in [0.15, 0.2) is 5.78 Å². The van der Waals surface area contributed by atoms with E-state index in [1.807, 2.05) is 49.4 Å². The van der Waals surface area contributed by atoms with Crippen LogP contribution >= 0.6 is 0 Å². The molecule has 27 heavy (non-hydrogen) atoms. The second kappa shape index (κ2) is 8.78. The maximum absolute atomic E-state index is 12.8. The standard InChI is InChI=1S/C21H26N2O3S/c1-2-18-8-10-20(11-9-18)27(25,26)23-16-14-22(15-17-23)13-12-21(24)19-6-4-3-5-7-19/h3-11H,2,12-17H2,1H3. The Kier molecular flexibility index (Phi) is 6.42. The number of rotatable bonds is 7. The molecule has 2 aromatic carbocycles. The summed E-state index contributed by atoms with van der Waals surface area (Å²) in [5.74, 6) is 0.127. The first-order valence-corrected chi connectivity index (χ1v) is 10.8. The van der Waals surface area contributed by atoms with E-state index in [0.29, 0.717) is 44.0 Å². The van der Waals surface area contributed by atoms with E-state index in [0.717, 1.165) is 17.5 Å². The summed E-state index contributed by atoms with van der Waals surface area (Å²) in [5.41, 5.74) is 1.86. The van der Waals surface area contributed by atoms with Gasteiger partial charge >= 0.3 is 0 Å². The first-order chi connectivity index (χ1) is 13.0. The van der Waals surface area contributed by atoms with Crippen molar-refractivity contribution in [2.24, 2.45) is 0 Å². The molecule has 5 nitrogen and oxygen atoms in total. The molecule has 1 heterocycles. The highest BCUT2D eigenvalue weighted by molar-refractivity contribution is 7.89. The smallest absolute Gasteiger partial charge is 0.243 e. The van der Waals surface area contributed by atoms with Crippen LogP contribution in [0.2, 0.25) is 0 Å². The molecular weight excluding hydrogens is 360 g/mol. The van der Waals surface area contributed by atoms with E-state index in [2.05, 4.69) is 4.90 Å². The van der Waals surface area contributed by atoms with E-state index in [4.69, 9.17) is 0 Å². The fraction of sp³-hybridized carbons (Fsp3) is 0.381. The molecular formula is C21H26N2O3S. The molecule has 0 unspecified atom stereocenters. The second-order valence-corrected chi connectivity index (χ2v) is 8.72. The van der Waals surface area contributed by atoms with Crippen LogP contribution in [-0.2, 0) is 16.4 Å². The molecule has 0 N–H and O–H groups in total. The van der Waals surface area contributed by atoms with Crippen molar-refractivity contribution >= 4 is 15.8 Å². The first-order valence-electron chi connectivity index (χ1n) is 9.40. The number of nitrogens with zero attached hydrogens (tertiary/aromatic N) is 2. The number of benzene rings is 2. The van der Waals surface area contributed by atoms with E-state index in [-0.39, 0.29) is 5.78 Å². The number of carbonyl (C=O) groups excluding carboxylic acids is 1. The molecule has 1 saturated heterocycles. The number of ketones is 1. The Hall–Kier alpha value is -2.02. The zero-order valence-corrected chi connectivity index (χ0v) is 16.5. The molecule has 144 valence electrons. The van der Waals surface area contributed by atoms with Crippen LogP contribution < -0.4 is 0 Å². The Labute approximate surface area is 161 Å². The molecule has 6 heteroatoms. The maximum atomic E-state index is 12.8. The number of hydrogen-bond donors (Lipinski definition) is 0. The number of sulfonamides is 1. The van der Waals surface area contributed by atoms with Gasteiger partial charge in [-0.1, -0.05) is 49.4 Å². The molecule has 0 saturated carbocycles. The lowest BCUT2D eigenvalue weighted by molar-refractivity contribution is 0.0952. The van der Waals surface area contributed by atoms with E-state index in [9.17, 15) is 13.2 Å². The van der Waals surface area contributed by atoms with Crippen molar-refractivity contribution in [3.05, 3.63) is 65.7 Å². The maximum Gasteiger partial charge on any atom is 0.243 e. The van der Waals surface area contributed by atoms with Crippen LogP contribution in [0.5, 0.6) is 0 Å². The van der Waals surface area contributed by atoms with Crippen LogP contribution in [-0.4, -0.2) is 56.1 Å². The Morgan fingerprint density at radius 2 is 1.56 bits per heavy atom. The van der Waals surface area contributed by atoms with Gasteiger partial charge in [0.2, 0.25) is 10.0 Å². The number of piperazine rings is 1. The number of aryl methyl sites for hydroxylation is 1. The molecule has 0 aromatic heterocycles. The van der Waals surface area contributed by atoms with Gasteiger partial charge < -0.3 is 4.90 Å². The Morgan fingerprint density at radius 1 is 0.926 bits per heavy atom. The lowest BCUT2D eigenvalue weighted by Crippen LogP contribution is -2.48. The molecule has 0 aliphatic carbocycles. The minimum Gasteiger partial charge on any atom is -0.300 e. The molecule has 0 radical (unpaired) electrons. The summed E-state index contributed by atoms with van der Waals surface area (Å²) in [6.45, 7) is 4.91. The van der Waals surface area contributed by atoms with Gasteiger partial charge in [0, 0.05) is 44.7 Å². The van der Waals surface area contributed by atoms with Gasteiger partial charge in [-0.25, -0.2) is 8.42 Å². The third-order valence-electron chi connectivity index (χ3n) is 5.05. The lowest BCUT2D eigenvalue weighted by Gasteiger charge is -2.33. The van der Waals surface area contributed by atoms with Gasteiger partial charge in [0.1, 0.15) is 0 Å². The van der Waals surface area contributed by atoms with Crippen molar-refractivity contribution in [3.8, 4) is 0 Å². The van der Waals surface area contributed by atoms with Gasteiger partial charge in [-0.15, -0.1) is 0 Å². The Morgan fingerprint density at radius 3 is 2.15 bits per heavy atom. The highest BCUT2D eigenvalue weighted by Crippen LogP contribution is 2.18. The zero-order chi connectivity index (χ0) is 19.3. The Balaban J connectivity index is 1.52. The molecule has 3 rings (SSSR count). The summed E-state index contributed by atoms with van der Waals surface area (Å²) in [7, 11) is -3.44. The van der Waals surface area contributed by atoms with Crippen molar-refractivity contribution in [2.75, 3.05) is 32.7 Å². The molecule has 1 fully saturated rings. The third-order valence-corrected chi connectivity index (χ3v) is 6.96. The molecule has 0 spiro atoms. The molecule has 1 aliphatic heterocycles. The van der Waals surface area contributed by atoms with E-state index in [1.165, 1.54) is 0 Å². The Bertz CT molecular complexity index is 856. The summed E-state index contributed by atoms with van der Waals surface area (Å²) in [6, 6.07) is 16.4. The van der Waals surface area contributed by atoms with E-state index >= 15 is 0 Å². The lowest BCUT2D eigenvalue weighted by atomic mass is 10.1. The van der Waals surface area contributed by atoms with Crippen molar-refractivity contribution in [3.63, 3.8) is 0 Å². The predicted octanol–water partition coefficient (Wildman–Crippen LogP) is 2.83. The van der Waals surface area contributed by atoms with Crippen LogP contribution in [0.3, 0.4) is 0 Å². The molecule has 0 bridgehead atoms. The summed E-state index contributed by atoms with van der Waals surface area (Å²) < 4.78 is 27.1. The quantitative estimate of drug-likeness (QED) is 0.687. The van der Waals surface area contributed by atoms with Crippen molar-refractivity contribution < 1.29 is 13.2 Å². The molecule has 1 aliphatic rings. The first kappa shape index (κ1) is 19.7. The van der Waals surface area contributed by atoms with Crippen LogP contribution in [0.15, 0.2) is 59.5 Å². The van der Waals surface area contributed by atoms with E-state index < -0.39 is 10.0 Å². The fourth-order valence-corrected chi connectivity index (χ4v) is 4.69. The second-order valence-electron chi connectivity index (χ2n) is 6.78. The number of carbonyl (C=O) groups is 1. The van der Waals surface area contributed by atoms with Crippen LogP contribution in [0.4, 0.5) is 0 Å². The van der Waals surface area contributed by atoms with Gasteiger partial charge in [-0.2, -0.15) is 4.31 Å². The highest BCUT2D eigenvalue weighted by Gasteiger charge is 2.28. The largest absolute Gasteiger partial charge is 0.300 e. The predicted molar refractivity (Wildman–Crippen MR) is 106 cm³/mol. The van der Waals surface area contributed by atoms with Gasteiger partial charge in [-0.05, 0) is 24.1 Å². The van der Waals surface area contributed by atoms with Gasteiger partial charge in [0.25, 0.3) is 0 Å². The number of hydrogen-bond acceptors (Lipinski definition) is 4. The average molecular weight is 387 g/mol. The molecule has 0 amide bonds. The highest BCUT2D eigenvalue weighted by atomic mass is 32.2. The van der Waals surface area contributed by atoms with Crippen molar-refractivity contribution in [2.45, 2.75) is 24.7 Å². The van der Waals surface area contributed by atoms with Gasteiger partial charge in [0.05, 0.1) is 4.90 Å². The molecule has 0 atom stereocenters. The average Bonchev–Trinajstić information content (AvgIpc) is 2.73. The normalized spacial score (nSPS) is 16.3. The summed E-state index contributed by atoms with van der Waals surface area (Å²) in [4.78, 5) is 14.7. The third kappa shape index (κ3) is 4.83. The van der Waals surface area contributed by atoms with Crippen LogP contribution in [0.25, 0.3) is 0 Å². The number of Topliss-reactive ketones (excluding diaryl/α,β-unsaturated/α-hetero) is 1. The minimum atomic E-state index is -3.44. The van der Waals surface area contributed by atoms with Crippen molar-refractivity contribution in [1.29, 1.82) is 0 Å².